The summed E-state index contributed by atoms with van der Waals surface area (Å²) in [4.78, 5) is 12.7. The lowest BCUT2D eigenvalue weighted by atomic mass is 9.98. The quantitative estimate of drug-likeness (QED) is 0.417. The van der Waals surface area contributed by atoms with Crippen molar-refractivity contribution < 1.29 is 23.1 Å². The van der Waals surface area contributed by atoms with Crippen LogP contribution in [0.5, 0.6) is 0 Å². The van der Waals surface area contributed by atoms with E-state index in [-0.39, 0.29) is 11.6 Å². The fourth-order valence-corrected chi connectivity index (χ4v) is 3.47. The molecule has 0 unspecified atom stereocenters. The zero-order valence-corrected chi connectivity index (χ0v) is 16.8. The number of rotatable bonds is 4. The molecule has 0 saturated heterocycles. The molecule has 1 amide bonds. The van der Waals surface area contributed by atoms with Crippen LogP contribution in [-0.4, -0.2) is 16.6 Å². The number of hydrogen-bond acceptors (Lipinski definition) is 4. The SMILES string of the molecule is CC(C)(O)Cc1ccc2c(c1)NC(=O)c1ccc(Nc3cc(F)cc(F)c3F)cc1N2. The molecule has 0 aromatic heterocycles. The van der Waals surface area contributed by atoms with Gasteiger partial charge in [-0.2, -0.15) is 0 Å². The van der Waals surface area contributed by atoms with Gasteiger partial charge in [0.25, 0.3) is 5.91 Å². The normalized spacial score (nSPS) is 12.9. The number of benzene rings is 3. The van der Waals surface area contributed by atoms with Crippen molar-refractivity contribution in [1.82, 2.24) is 0 Å². The molecule has 3 aromatic carbocycles. The summed E-state index contributed by atoms with van der Waals surface area (Å²) in [6.07, 6.45) is 0.410. The molecular formula is C23H20F3N3O2. The van der Waals surface area contributed by atoms with Crippen LogP contribution < -0.4 is 16.0 Å². The van der Waals surface area contributed by atoms with Gasteiger partial charge < -0.3 is 21.1 Å². The van der Waals surface area contributed by atoms with E-state index < -0.39 is 23.1 Å². The van der Waals surface area contributed by atoms with Crippen LogP contribution in [0.25, 0.3) is 0 Å². The van der Waals surface area contributed by atoms with Crippen LogP contribution in [0.3, 0.4) is 0 Å². The van der Waals surface area contributed by atoms with Crippen molar-refractivity contribution in [2.75, 3.05) is 16.0 Å². The van der Waals surface area contributed by atoms with Gasteiger partial charge in [-0.05, 0) is 49.7 Å². The lowest BCUT2D eigenvalue weighted by Crippen LogP contribution is -2.22. The first-order valence-corrected chi connectivity index (χ1v) is 9.58. The first kappa shape index (κ1) is 20.7. The van der Waals surface area contributed by atoms with Crippen LogP contribution >= 0.6 is 0 Å². The first-order chi connectivity index (χ1) is 14.6. The Balaban J connectivity index is 1.66. The lowest BCUT2D eigenvalue weighted by molar-refractivity contribution is 0.0810. The van der Waals surface area contributed by atoms with Crippen LogP contribution in [0, 0.1) is 17.5 Å². The molecule has 160 valence electrons. The zero-order chi connectivity index (χ0) is 22.3. The van der Waals surface area contributed by atoms with Gasteiger partial charge in [0.05, 0.1) is 33.9 Å². The Hall–Kier alpha value is -3.52. The van der Waals surface area contributed by atoms with Crippen molar-refractivity contribution >= 4 is 34.3 Å². The van der Waals surface area contributed by atoms with E-state index >= 15 is 0 Å². The molecule has 0 radical (unpaired) electrons. The van der Waals surface area contributed by atoms with Crippen LogP contribution in [-0.2, 0) is 6.42 Å². The summed E-state index contributed by atoms with van der Waals surface area (Å²) in [5, 5.41) is 18.7. The molecule has 0 atom stereocenters. The number of anilines is 5. The maximum Gasteiger partial charge on any atom is 0.257 e. The standard InChI is InChI=1S/C23H20F3N3O2/c1-23(2,31)11-12-3-6-17-19(7-12)29-22(30)15-5-4-14(10-18(15)28-17)27-20-9-13(24)8-16(25)21(20)26/h3-10,27-28,31H,11H2,1-2H3,(H,29,30). The summed E-state index contributed by atoms with van der Waals surface area (Å²) in [7, 11) is 0. The molecule has 0 aliphatic carbocycles. The number of carbonyl (C=O) groups excluding carboxylic acids is 1. The summed E-state index contributed by atoms with van der Waals surface area (Å²) in [5.41, 5.74) is 1.90. The minimum Gasteiger partial charge on any atom is -0.390 e. The summed E-state index contributed by atoms with van der Waals surface area (Å²) >= 11 is 0. The highest BCUT2D eigenvalue weighted by Crippen LogP contribution is 2.35. The number of aliphatic hydroxyl groups is 1. The minimum absolute atomic E-state index is 0.338. The van der Waals surface area contributed by atoms with Crippen molar-refractivity contribution in [2.24, 2.45) is 0 Å². The monoisotopic (exact) mass is 427 g/mol. The third-order valence-electron chi connectivity index (χ3n) is 4.77. The molecule has 0 fully saturated rings. The van der Waals surface area contributed by atoms with Crippen molar-refractivity contribution in [1.29, 1.82) is 0 Å². The van der Waals surface area contributed by atoms with E-state index in [9.17, 15) is 23.1 Å². The Morgan fingerprint density at radius 2 is 1.71 bits per heavy atom. The van der Waals surface area contributed by atoms with Crippen molar-refractivity contribution in [3.63, 3.8) is 0 Å². The number of carbonyl (C=O) groups is 1. The second-order valence-electron chi connectivity index (χ2n) is 8.08. The van der Waals surface area contributed by atoms with Crippen molar-refractivity contribution in [3.8, 4) is 0 Å². The molecule has 3 aromatic rings. The fourth-order valence-electron chi connectivity index (χ4n) is 3.47. The van der Waals surface area contributed by atoms with Gasteiger partial charge in [-0.15, -0.1) is 0 Å². The van der Waals surface area contributed by atoms with E-state index in [1.807, 2.05) is 6.07 Å². The summed E-state index contributed by atoms with van der Waals surface area (Å²) < 4.78 is 40.9. The Bertz CT molecular complexity index is 1190. The summed E-state index contributed by atoms with van der Waals surface area (Å²) in [5.74, 6) is -3.77. The maximum atomic E-state index is 14.0. The van der Waals surface area contributed by atoms with E-state index in [1.54, 1.807) is 32.0 Å². The molecule has 1 aliphatic rings. The van der Waals surface area contributed by atoms with Gasteiger partial charge in [-0.25, -0.2) is 13.2 Å². The molecule has 0 bridgehead atoms. The Kier molecular flexibility index (Phi) is 5.10. The fraction of sp³-hybridized carbons (Fsp3) is 0.174. The predicted octanol–water partition coefficient (Wildman–Crippen LogP) is 5.47. The van der Waals surface area contributed by atoms with E-state index in [4.69, 9.17) is 0 Å². The number of hydrogen-bond donors (Lipinski definition) is 4. The topological polar surface area (TPSA) is 73.4 Å². The molecule has 0 spiro atoms. The van der Waals surface area contributed by atoms with Gasteiger partial charge in [0, 0.05) is 24.2 Å². The van der Waals surface area contributed by atoms with Crippen LogP contribution in [0.15, 0.2) is 48.5 Å². The average Bonchev–Trinajstić information content (AvgIpc) is 2.79. The first-order valence-electron chi connectivity index (χ1n) is 9.58. The second-order valence-corrected chi connectivity index (χ2v) is 8.08. The Labute approximate surface area is 176 Å². The maximum absolute atomic E-state index is 14.0. The number of nitrogens with one attached hydrogen (secondary N) is 3. The minimum atomic E-state index is -1.30. The van der Waals surface area contributed by atoms with E-state index in [0.29, 0.717) is 40.8 Å². The molecule has 31 heavy (non-hydrogen) atoms. The average molecular weight is 427 g/mol. The number of fused-ring (bicyclic) bond motifs is 2. The number of amides is 1. The molecule has 4 N–H and O–H groups in total. The number of halogens is 3. The van der Waals surface area contributed by atoms with Gasteiger partial charge >= 0.3 is 0 Å². The molecule has 1 aliphatic heterocycles. The third kappa shape index (κ3) is 4.49. The van der Waals surface area contributed by atoms with Crippen molar-refractivity contribution in [3.05, 3.63) is 77.1 Å². The molecular weight excluding hydrogens is 407 g/mol. The molecule has 0 saturated carbocycles. The van der Waals surface area contributed by atoms with E-state index in [2.05, 4.69) is 16.0 Å². The van der Waals surface area contributed by atoms with Gasteiger partial charge in [0.2, 0.25) is 0 Å². The summed E-state index contributed by atoms with van der Waals surface area (Å²) in [6, 6.07) is 11.3. The van der Waals surface area contributed by atoms with Gasteiger partial charge in [0.15, 0.2) is 11.6 Å². The van der Waals surface area contributed by atoms with E-state index in [1.165, 1.54) is 12.1 Å². The second kappa shape index (κ2) is 7.63. The van der Waals surface area contributed by atoms with Gasteiger partial charge in [-0.3, -0.25) is 4.79 Å². The highest BCUT2D eigenvalue weighted by atomic mass is 19.2. The molecule has 4 rings (SSSR count). The highest BCUT2D eigenvalue weighted by Gasteiger charge is 2.21. The van der Waals surface area contributed by atoms with Gasteiger partial charge in [-0.1, -0.05) is 6.07 Å². The van der Waals surface area contributed by atoms with Crippen LogP contribution in [0.1, 0.15) is 29.8 Å². The lowest BCUT2D eigenvalue weighted by Gasteiger charge is -2.18. The molecule has 1 heterocycles. The Morgan fingerprint density at radius 3 is 2.45 bits per heavy atom. The van der Waals surface area contributed by atoms with Gasteiger partial charge in [0.1, 0.15) is 5.82 Å². The largest absolute Gasteiger partial charge is 0.390 e. The Morgan fingerprint density at radius 1 is 0.935 bits per heavy atom. The van der Waals surface area contributed by atoms with Crippen LogP contribution in [0.4, 0.5) is 41.6 Å². The van der Waals surface area contributed by atoms with E-state index in [0.717, 1.165) is 11.6 Å². The smallest absolute Gasteiger partial charge is 0.257 e. The third-order valence-corrected chi connectivity index (χ3v) is 4.77. The molecule has 5 nitrogen and oxygen atoms in total. The zero-order valence-electron chi connectivity index (χ0n) is 16.8. The molecule has 8 heteroatoms. The van der Waals surface area contributed by atoms with Crippen molar-refractivity contribution in [2.45, 2.75) is 25.9 Å². The summed E-state index contributed by atoms with van der Waals surface area (Å²) in [6.45, 7) is 3.40. The predicted molar refractivity (Wildman–Crippen MR) is 114 cm³/mol. The van der Waals surface area contributed by atoms with Crippen LogP contribution in [0.2, 0.25) is 0 Å². The highest BCUT2D eigenvalue weighted by molar-refractivity contribution is 6.12.